The van der Waals surface area contributed by atoms with E-state index in [-0.39, 0.29) is 24.4 Å². The van der Waals surface area contributed by atoms with Gasteiger partial charge in [-0.2, -0.15) is 13.2 Å². The van der Waals surface area contributed by atoms with Crippen LogP contribution < -0.4 is 5.32 Å². The van der Waals surface area contributed by atoms with Gasteiger partial charge in [0.1, 0.15) is 0 Å². The molecule has 6 heteroatoms. The molecule has 1 N–H and O–H groups in total. The minimum atomic E-state index is -4.38. The highest BCUT2D eigenvalue weighted by molar-refractivity contribution is 5.79. The summed E-state index contributed by atoms with van der Waals surface area (Å²) >= 11 is 0. The first-order valence-corrected chi connectivity index (χ1v) is 6.95. The third kappa shape index (κ3) is 4.20. The van der Waals surface area contributed by atoms with Crippen molar-refractivity contribution in [3.63, 3.8) is 0 Å². The van der Waals surface area contributed by atoms with Crippen LogP contribution in [0.3, 0.4) is 0 Å². The molecule has 0 aromatic heterocycles. The normalized spacial score (nSPS) is 23.2. The van der Waals surface area contributed by atoms with E-state index in [2.05, 4.69) is 5.32 Å². The predicted molar refractivity (Wildman–Crippen MR) is 73.8 cm³/mol. The van der Waals surface area contributed by atoms with Crippen molar-refractivity contribution in [3.8, 4) is 0 Å². The number of hydrogen-bond acceptors (Lipinski definition) is 2. The van der Waals surface area contributed by atoms with E-state index in [0.717, 1.165) is 12.1 Å². The highest BCUT2D eigenvalue weighted by atomic mass is 19.4. The Balaban J connectivity index is 2.06. The Morgan fingerprint density at radius 2 is 1.90 bits per heavy atom. The van der Waals surface area contributed by atoms with Crippen LogP contribution in [0.1, 0.15) is 25.0 Å². The van der Waals surface area contributed by atoms with Crippen molar-refractivity contribution in [2.24, 2.45) is 0 Å². The Morgan fingerprint density at radius 1 is 1.29 bits per heavy atom. The molecule has 0 unspecified atom stereocenters. The summed E-state index contributed by atoms with van der Waals surface area (Å²) in [6, 6.07) is 5.35. The van der Waals surface area contributed by atoms with Gasteiger partial charge < -0.3 is 10.2 Å². The second-order valence-electron chi connectivity index (χ2n) is 5.64. The lowest BCUT2D eigenvalue weighted by Crippen LogP contribution is -2.56. The molecule has 1 aliphatic heterocycles. The van der Waals surface area contributed by atoms with Crippen molar-refractivity contribution in [2.75, 3.05) is 13.1 Å². The van der Waals surface area contributed by atoms with Crippen LogP contribution in [0.4, 0.5) is 13.2 Å². The molecule has 1 aromatic carbocycles. The molecule has 2 atom stereocenters. The standard InChI is InChI=1S/C15H19F3N2O/c1-10-8-20(9-11(2)19-10)14(21)7-12-4-3-5-13(6-12)15(16,17)18/h3-6,10-11,19H,7-9H2,1-2H3/t10-,11+. The summed E-state index contributed by atoms with van der Waals surface area (Å²) in [4.78, 5) is 14.0. The Bertz CT molecular complexity index is 506. The molecule has 1 amide bonds. The van der Waals surface area contributed by atoms with Crippen molar-refractivity contribution < 1.29 is 18.0 Å². The van der Waals surface area contributed by atoms with Crippen LogP contribution in [0.2, 0.25) is 0 Å². The summed E-state index contributed by atoms with van der Waals surface area (Å²) < 4.78 is 38.0. The Labute approximate surface area is 122 Å². The van der Waals surface area contributed by atoms with Crippen LogP contribution in [-0.2, 0) is 17.4 Å². The Kier molecular flexibility index (Phi) is 4.56. The molecule has 1 aromatic rings. The molecule has 1 heterocycles. The summed E-state index contributed by atoms with van der Waals surface area (Å²) in [7, 11) is 0. The Morgan fingerprint density at radius 3 is 2.48 bits per heavy atom. The van der Waals surface area contributed by atoms with Gasteiger partial charge in [-0.05, 0) is 25.5 Å². The van der Waals surface area contributed by atoms with Crippen LogP contribution >= 0.6 is 0 Å². The average molecular weight is 300 g/mol. The number of alkyl halides is 3. The quantitative estimate of drug-likeness (QED) is 0.910. The highest BCUT2D eigenvalue weighted by Gasteiger charge is 2.31. The van der Waals surface area contributed by atoms with E-state index in [0.29, 0.717) is 18.7 Å². The first-order valence-electron chi connectivity index (χ1n) is 6.95. The molecule has 116 valence electrons. The fourth-order valence-electron chi connectivity index (χ4n) is 2.67. The number of nitrogens with zero attached hydrogens (tertiary/aromatic N) is 1. The molecular formula is C15H19F3N2O. The molecule has 0 aliphatic carbocycles. The number of rotatable bonds is 2. The predicted octanol–water partition coefficient (Wildman–Crippen LogP) is 2.46. The number of amides is 1. The lowest BCUT2D eigenvalue weighted by molar-refractivity contribution is -0.138. The van der Waals surface area contributed by atoms with E-state index >= 15 is 0 Å². The minimum Gasteiger partial charge on any atom is -0.339 e. The molecule has 0 bridgehead atoms. The molecule has 21 heavy (non-hydrogen) atoms. The number of nitrogens with one attached hydrogen (secondary N) is 1. The van der Waals surface area contributed by atoms with Crippen molar-refractivity contribution in [1.29, 1.82) is 0 Å². The van der Waals surface area contributed by atoms with Crippen molar-refractivity contribution >= 4 is 5.91 Å². The molecule has 2 rings (SSSR count). The smallest absolute Gasteiger partial charge is 0.339 e. The van der Waals surface area contributed by atoms with Crippen molar-refractivity contribution in [3.05, 3.63) is 35.4 Å². The van der Waals surface area contributed by atoms with Crippen LogP contribution in [-0.4, -0.2) is 36.0 Å². The van der Waals surface area contributed by atoms with Gasteiger partial charge >= 0.3 is 6.18 Å². The number of carbonyl (C=O) groups excluding carboxylic acids is 1. The first-order chi connectivity index (χ1) is 9.75. The van der Waals surface area contributed by atoms with Crippen LogP contribution in [0.15, 0.2) is 24.3 Å². The molecular weight excluding hydrogens is 281 g/mol. The second kappa shape index (κ2) is 6.05. The van der Waals surface area contributed by atoms with Crippen molar-refractivity contribution in [2.45, 2.75) is 38.5 Å². The lowest BCUT2D eigenvalue weighted by atomic mass is 10.1. The number of hydrogen-bond donors (Lipinski definition) is 1. The molecule has 0 saturated carbocycles. The molecule has 1 fully saturated rings. The fraction of sp³-hybridized carbons (Fsp3) is 0.533. The molecule has 0 spiro atoms. The third-order valence-electron chi connectivity index (χ3n) is 3.52. The summed E-state index contributed by atoms with van der Waals surface area (Å²) in [6.45, 7) is 5.14. The third-order valence-corrected chi connectivity index (χ3v) is 3.52. The molecule has 3 nitrogen and oxygen atoms in total. The SMILES string of the molecule is C[C@@H]1CN(C(=O)Cc2cccc(C(F)(F)F)c2)C[C@H](C)N1. The van der Waals surface area contributed by atoms with E-state index < -0.39 is 11.7 Å². The van der Waals surface area contributed by atoms with E-state index in [9.17, 15) is 18.0 Å². The molecule has 0 radical (unpaired) electrons. The van der Waals surface area contributed by atoms with Gasteiger partial charge in [-0.25, -0.2) is 0 Å². The zero-order valence-corrected chi connectivity index (χ0v) is 12.1. The number of benzene rings is 1. The maximum atomic E-state index is 12.7. The van der Waals surface area contributed by atoms with Gasteiger partial charge in [-0.15, -0.1) is 0 Å². The number of halogens is 3. The summed E-state index contributed by atoms with van der Waals surface area (Å²) in [5, 5.41) is 3.31. The van der Waals surface area contributed by atoms with Gasteiger partial charge in [0, 0.05) is 25.2 Å². The number of carbonyl (C=O) groups is 1. The maximum absolute atomic E-state index is 12.7. The van der Waals surface area contributed by atoms with E-state index in [1.54, 1.807) is 11.0 Å². The topological polar surface area (TPSA) is 32.3 Å². The monoisotopic (exact) mass is 300 g/mol. The average Bonchev–Trinajstić information content (AvgIpc) is 2.37. The molecule has 1 saturated heterocycles. The van der Waals surface area contributed by atoms with Gasteiger partial charge in [0.05, 0.1) is 12.0 Å². The minimum absolute atomic E-state index is 0.00333. The Hall–Kier alpha value is -1.56. The van der Waals surface area contributed by atoms with Gasteiger partial charge in [-0.3, -0.25) is 4.79 Å². The van der Waals surface area contributed by atoms with Gasteiger partial charge in [-0.1, -0.05) is 18.2 Å². The summed E-state index contributed by atoms with van der Waals surface area (Å²) in [5.41, 5.74) is -0.316. The highest BCUT2D eigenvalue weighted by Crippen LogP contribution is 2.29. The van der Waals surface area contributed by atoms with Crippen LogP contribution in [0.25, 0.3) is 0 Å². The number of piperazine rings is 1. The summed E-state index contributed by atoms with van der Waals surface area (Å²) in [6.07, 6.45) is -4.37. The largest absolute Gasteiger partial charge is 0.416 e. The zero-order valence-electron chi connectivity index (χ0n) is 12.1. The second-order valence-corrected chi connectivity index (χ2v) is 5.64. The fourth-order valence-corrected chi connectivity index (χ4v) is 2.67. The van der Waals surface area contributed by atoms with Crippen molar-refractivity contribution in [1.82, 2.24) is 10.2 Å². The van der Waals surface area contributed by atoms with Gasteiger partial charge in [0.2, 0.25) is 5.91 Å². The lowest BCUT2D eigenvalue weighted by Gasteiger charge is -2.36. The van der Waals surface area contributed by atoms with Crippen LogP contribution in [0.5, 0.6) is 0 Å². The zero-order chi connectivity index (χ0) is 15.6. The van der Waals surface area contributed by atoms with E-state index in [4.69, 9.17) is 0 Å². The van der Waals surface area contributed by atoms with Gasteiger partial charge in [0.25, 0.3) is 0 Å². The van der Waals surface area contributed by atoms with Gasteiger partial charge in [0.15, 0.2) is 0 Å². The van der Waals surface area contributed by atoms with E-state index in [1.165, 1.54) is 6.07 Å². The van der Waals surface area contributed by atoms with E-state index in [1.807, 2.05) is 13.8 Å². The van der Waals surface area contributed by atoms with Crippen LogP contribution in [0, 0.1) is 0 Å². The maximum Gasteiger partial charge on any atom is 0.416 e. The summed E-state index contributed by atoms with van der Waals surface area (Å²) in [5.74, 6) is -0.130. The molecule has 1 aliphatic rings. The first kappa shape index (κ1) is 15.8.